The first kappa shape index (κ1) is 18.5. The van der Waals surface area contributed by atoms with Gasteiger partial charge in [0.2, 0.25) is 5.91 Å². The van der Waals surface area contributed by atoms with Crippen LogP contribution in [0, 0.1) is 5.92 Å². The number of hydrogen-bond acceptors (Lipinski definition) is 4. The fourth-order valence-electron chi connectivity index (χ4n) is 5.09. The van der Waals surface area contributed by atoms with Crippen LogP contribution < -0.4 is 5.32 Å². The van der Waals surface area contributed by atoms with Crippen LogP contribution in [0.15, 0.2) is 17.5 Å². The lowest BCUT2D eigenvalue weighted by Gasteiger charge is -2.39. The Hall–Kier alpha value is -0.910. The maximum Gasteiger partial charge on any atom is 0.231 e. The van der Waals surface area contributed by atoms with Gasteiger partial charge in [-0.25, -0.2) is 0 Å². The number of ether oxygens (including phenoxy) is 1. The summed E-state index contributed by atoms with van der Waals surface area (Å²) in [5.41, 5.74) is -0.239. The van der Waals surface area contributed by atoms with Gasteiger partial charge in [-0.2, -0.15) is 0 Å². The van der Waals surface area contributed by atoms with Gasteiger partial charge in [-0.1, -0.05) is 18.9 Å². The summed E-state index contributed by atoms with van der Waals surface area (Å²) in [6.07, 6.45) is 9.18. The number of carbonyl (C=O) groups excluding carboxylic acids is 1. The van der Waals surface area contributed by atoms with Crippen LogP contribution in [0.5, 0.6) is 0 Å². The molecule has 2 aliphatic heterocycles. The summed E-state index contributed by atoms with van der Waals surface area (Å²) < 4.78 is 5.49. The lowest BCUT2D eigenvalue weighted by molar-refractivity contribution is -0.126. The highest BCUT2D eigenvalue weighted by molar-refractivity contribution is 7.10. The van der Waals surface area contributed by atoms with Crippen molar-refractivity contribution in [1.82, 2.24) is 10.2 Å². The Morgan fingerprint density at radius 2 is 1.92 bits per heavy atom. The zero-order chi connectivity index (χ0) is 17.8. The molecule has 0 spiro atoms. The maximum atomic E-state index is 13.1. The molecule has 0 bridgehead atoms. The van der Waals surface area contributed by atoms with Crippen LogP contribution in [0.25, 0.3) is 0 Å². The first-order valence-corrected chi connectivity index (χ1v) is 11.3. The molecule has 1 N–H and O–H groups in total. The van der Waals surface area contributed by atoms with E-state index < -0.39 is 0 Å². The highest BCUT2D eigenvalue weighted by Gasteiger charge is 2.43. The molecular formula is C21H32N2O2S. The molecule has 0 aromatic carbocycles. The number of piperidine rings is 1. The van der Waals surface area contributed by atoms with Gasteiger partial charge in [-0.05, 0) is 69.0 Å². The van der Waals surface area contributed by atoms with Gasteiger partial charge in [0.1, 0.15) is 0 Å². The highest BCUT2D eigenvalue weighted by atomic mass is 32.1. The number of likely N-dealkylation sites (tertiary alicyclic amines) is 1. The van der Waals surface area contributed by atoms with Crippen LogP contribution >= 0.6 is 11.3 Å². The third-order valence-corrected chi connectivity index (χ3v) is 7.87. The molecule has 1 aromatic heterocycles. The summed E-state index contributed by atoms with van der Waals surface area (Å²) in [6.45, 7) is 5.06. The van der Waals surface area contributed by atoms with Crippen molar-refractivity contribution >= 4 is 17.2 Å². The average molecular weight is 377 g/mol. The van der Waals surface area contributed by atoms with Crippen LogP contribution in [-0.4, -0.2) is 49.7 Å². The van der Waals surface area contributed by atoms with Gasteiger partial charge in [-0.3, -0.25) is 4.79 Å². The van der Waals surface area contributed by atoms with Crippen molar-refractivity contribution in [2.75, 3.05) is 32.8 Å². The molecule has 1 saturated carbocycles. The van der Waals surface area contributed by atoms with Gasteiger partial charge >= 0.3 is 0 Å². The van der Waals surface area contributed by atoms with E-state index >= 15 is 0 Å². The minimum Gasteiger partial charge on any atom is -0.381 e. The summed E-state index contributed by atoms with van der Waals surface area (Å²) in [4.78, 5) is 17.0. The Bertz CT molecular complexity index is 569. The molecule has 1 aliphatic carbocycles. The lowest BCUT2D eigenvalue weighted by Crippen LogP contribution is -2.47. The van der Waals surface area contributed by atoms with Crippen molar-refractivity contribution < 1.29 is 9.53 Å². The van der Waals surface area contributed by atoms with Gasteiger partial charge in [0.15, 0.2) is 0 Å². The summed E-state index contributed by atoms with van der Waals surface area (Å²) in [7, 11) is 0. The van der Waals surface area contributed by atoms with Crippen LogP contribution in [0.3, 0.4) is 0 Å². The summed E-state index contributed by atoms with van der Waals surface area (Å²) in [6, 6.07) is 4.96. The number of amides is 1. The summed E-state index contributed by atoms with van der Waals surface area (Å²) in [5, 5.41) is 5.45. The van der Waals surface area contributed by atoms with Crippen LogP contribution in [0.1, 0.15) is 56.2 Å². The molecule has 3 fully saturated rings. The Labute approximate surface area is 161 Å². The van der Waals surface area contributed by atoms with E-state index in [2.05, 4.69) is 27.7 Å². The molecular weight excluding hydrogens is 344 g/mol. The molecule has 4 nitrogen and oxygen atoms in total. The minimum absolute atomic E-state index is 0.239. The molecule has 0 unspecified atom stereocenters. The molecule has 2 saturated heterocycles. The average Bonchev–Trinajstić information content (AvgIpc) is 3.39. The van der Waals surface area contributed by atoms with Crippen molar-refractivity contribution in [3.63, 3.8) is 0 Å². The fraction of sp³-hybridized carbons (Fsp3) is 0.762. The van der Waals surface area contributed by atoms with E-state index in [0.717, 1.165) is 38.6 Å². The molecule has 144 valence electrons. The van der Waals surface area contributed by atoms with E-state index in [1.807, 2.05) is 0 Å². The van der Waals surface area contributed by atoms with Crippen molar-refractivity contribution in [3.8, 4) is 0 Å². The van der Waals surface area contributed by atoms with E-state index in [-0.39, 0.29) is 11.3 Å². The molecule has 3 heterocycles. The molecule has 1 aromatic rings. The van der Waals surface area contributed by atoms with Gasteiger partial charge in [0, 0.05) is 30.7 Å². The standard InChI is InChI=1S/C21H32N2O2S/c24-20(21(9-1-2-10-21)19-4-3-15-26-19)22-16-17-5-11-23(12-6-17)18-7-13-25-14-8-18/h3-4,15,17-18H,1-2,5-14,16H2,(H,22,24). The first-order valence-electron chi connectivity index (χ1n) is 10.4. The van der Waals surface area contributed by atoms with E-state index in [9.17, 15) is 4.79 Å². The molecule has 4 rings (SSSR count). The summed E-state index contributed by atoms with van der Waals surface area (Å²) in [5.74, 6) is 0.918. The lowest BCUT2D eigenvalue weighted by atomic mass is 9.83. The third-order valence-electron chi connectivity index (χ3n) is 6.79. The zero-order valence-electron chi connectivity index (χ0n) is 15.8. The second-order valence-corrected chi connectivity index (χ2v) is 9.25. The molecule has 3 aliphatic rings. The maximum absolute atomic E-state index is 13.1. The number of thiophene rings is 1. The number of rotatable bonds is 5. The molecule has 1 amide bonds. The molecule has 5 heteroatoms. The normalized spacial score (nSPS) is 25.4. The Morgan fingerprint density at radius 3 is 2.58 bits per heavy atom. The monoisotopic (exact) mass is 376 g/mol. The van der Waals surface area contributed by atoms with Crippen molar-refractivity contribution in [2.45, 2.75) is 62.8 Å². The molecule has 0 atom stereocenters. The zero-order valence-corrected chi connectivity index (χ0v) is 16.6. The number of carbonyl (C=O) groups is 1. The number of nitrogens with zero attached hydrogens (tertiary/aromatic N) is 1. The van der Waals surface area contributed by atoms with E-state index in [1.54, 1.807) is 11.3 Å². The van der Waals surface area contributed by atoms with Gasteiger partial charge in [0.25, 0.3) is 0 Å². The van der Waals surface area contributed by atoms with Gasteiger partial charge < -0.3 is 15.0 Å². The van der Waals surface area contributed by atoms with Crippen LogP contribution in [0.4, 0.5) is 0 Å². The van der Waals surface area contributed by atoms with Gasteiger partial charge in [-0.15, -0.1) is 11.3 Å². The summed E-state index contributed by atoms with van der Waals surface area (Å²) >= 11 is 1.75. The highest BCUT2D eigenvalue weighted by Crippen LogP contribution is 2.43. The smallest absolute Gasteiger partial charge is 0.231 e. The fourth-order valence-corrected chi connectivity index (χ4v) is 6.08. The SMILES string of the molecule is O=C(NCC1CCN(C2CCOCC2)CC1)C1(c2cccs2)CCCC1. The quantitative estimate of drug-likeness (QED) is 0.854. The first-order chi connectivity index (χ1) is 12.8. The topological polar surface area (TPSA) is 41.6 Å². The second kappa shape index (κ2) is 8.41. The Balaban J connectivity index is 1.27. The van der Waals surface area contributed by atoms with Crippen molar-refractivity contribution in [1.29, 1.82) is 0 Å². The Morgan fingerprint density at radius 1 is 1.19 bits per heavy atom. The van der Waals surface area contributed by atoms with Crippen molar-refractivity contribution in [2.24, 2.45) is 5.92 Å². The molecule has 26 heavy (non-hydrogen) atoms. The number of nitrogens with one attached hydrogen (secondary N) is 1. The minimum atomic E-state index is -0.239. The van der Waals surface area contributed by atoms with Crippen LogP contribution in [-0.2, 0) is 14.9 Å². The Kier molecular flexibility index (Phi) is 5.97. The van der Waals surface area contributed by atoms with E-state index in [4.69, 9.17) is 4.74 Å². The third kappa shape index (κ3) is 3.85. The number of hydrogen-bond donors (Lipinski definition) is 1. The van der Waals surface area contributed by atoms with E-state index in [0.29, 0.717) is 5.92 Å². The molecule has 0 radical (unpaired) electrons. The predicted molar refractivity (Wildman–Crippen MR) is 106 cm³/mol. The van der Waals surface area contributed by atoms with Crippen molar-refractivity contribution in [3.05, 3.63) is 22.4 Å². The van der Waals surface area contributed by atoms with Crippen LogP contribution in [0.2, 0.25) is 0 Å². The largest absolute Gasteiger partial charge is 0.381 e. The van der Waals surface area contributed by atoms with E-state index in [1.165, 1.54) is 56.5 Å². The predicted octanol–water partition coefficient (Wildman–Crippen LogP) is 3.57. The van der Waals surface area contributed by atoms with Gasteiger partial charge in [0.05, 0.1) is 5.41 Å². The second-order valence-electron chi connectivity index (χ2n) is 8.30.